The average molecular weight is 520 g/mol. The number of aryl methyl sites for hydroxylation is 1. The number of alkyl halides is 3. The van der Waals surface area contributed by atoms with E-state index in [0.717, 1.165) is 6.07 Å². The molecule has 1 amide bonds. The third-order valence-electron chi connectivity index (χ3n) is 5.22. The molecule has 186 valence electrons. The Labute approximate surface area is 204 Å². The monoisotopic (exact) mass is 520 g/mol. The lowest BCUT2D eigenvalue weighted by atomic mass is 9.98. The summed E-state index contributed by atoms with van der Waals surface area (Å²) in [5, 5.41) is 11.6. The number of ether oxygens (including phenoxy) is 1. The third kappa shape index (κ3) is 5.08. The summed E-state index contributed by atoms with van der Waals surface area (Å²) in [6, 6.07) is 12.9. The number of carbonyl (C=O) groups excluding carboxylic acids is 1. The van der Waals surface area contributed by atoms with Crippen LogP contribution in [0.3, 0.4) is 0 Å². The Hall–Kier alpha value is -4.19. The summed E-state index contributed by atoms with van der Waals surface area (Å²) in [6.07, 6.45) is -4.86. The van der Waals surface area contributed by atoms with Crippen molar-refractivity contribution in [3.05, 3.63) is 92.3 Å². The highest BCUT2D eigenvalue weighted by molar-refractivity contribution is 7.15. The van der Waals surface area contributed by atoms with E-state index in [4.69, 9.17) is 10.2 Å². The zero-order valence-corrected chi connectivity index (χ0v) is 19.2. The molecule has 4 rings (SSSR count). The minimum absolute atomic E-state index is 0.0435. The standard InChI is InChI=1S/C24H16F4N2O5S/c1-12-10-13(6-8-18(12)35-24(26,27)28)19-9-7-14(36-19)11-16-20(15-4-2-3-5-17(15)25)23(30(32)33)34-21(16)22(29)31/h2-10H,11H2,1H3,(H2,29,31). The lowest BCUT2D eigenvalue weighted by Gasteiger charge is -2.12. The molecule has 36 heavy (non-hydrogen) atoms. The summed E-state index contributed by atoms with van der Waals surface area (Å²) in [5.41, 5.74) is 6.02. The minimum atomic E-state index is -4.82. The van der Waals surface area contributed by atoms with E-state index in [2.05, 4.69) is 4.74 Å². The summed E-state index contributed by atoms with van der Waals surface area (Å²) in [7, 11) is 0. The summed E-state index contributed by atoms with van der Waals surface area (Å²) in [5.74, 6) is -3.39. The van der Waals surface area contributed by atoms with Gasteiger partial charge in [-0.15, -0.1) is 24.5 Å². The molecule has 0 atom stereocenters. The van der Waals surface area contributed by atoms with Gasteiger partial charge in [-0.25, -0.2) is 4.39 Å². The quantitative estimate of drug-likeness (QED) is 0.167. The Balaban J connectivity index is 1.74. The molecular formula is C24H16F4N2O5S. The van der Waals surface area contributed by atoms with Crippen LogP contribution in [0.4, 0.5) is 23.4 Å². The van der Waals surface area contributed by atoms with E-state index in [1.54, 1.807) is 12.1 Å². The highest BCUT2D eigenvalue weighted by atomic mass is 32.1. The van der Waals surface area contributed by atoms with Crippen LogP contribution in [0.5, 0.6) is 5.75 Å². The molecule has 2 heterocycles. The highest BCUT2D eigenvalue weighted by Gasteiger charge is 2.34. The second-order valence-corrected chi connectivity index (χ2v) is 8.83. The van der Waals surface area contributed by atoms with Crippen LogP contribution in [-0.4, -0.2) is 17.2 Å². The molecule has 7 nitrogen and oxygen atoms in total. The fraction of sp³-hybridized carbons (Fsp3) is 0.125. The van der Waals surface area contributed by atoms with Crippen LogP contribution in [0.15, 0.2) is 59.0 Å². The van der Waals surface area contributed by atoms with E-state index in [0.29, 0.717) is 15.3 Å². The zero-order valence-electron chi connectivity index (χ0n) is 18.4. The Morgan fingerprint density at radius 2 is 1.89 bits per heavy atom. The molecule has 2 aromatic heterocycles. The number of rotatable bonds is 7. The van der Waals surface area contributed by atoms with E-state index in [1.165, 1.54) is 54.7 Å². The van der Waals surface area contributed by atoms with E-state index in [1.807, 2.05) is 0 Å². The lowest BCUT2D eigenvalue weighted by Crippen LogP contribution is -2.17. The number of hydrogen-bond acceptors (Lipinski definition) is 6. The van der Waals surface area contributed by atoms with Crippen LogP contribution in [0.1, 0.15) is 26.6 Å². The van der Waals surface area contributed by atoms with Crippen molar-refractivity contribution in [2.24, 2.45) is 5.73 Å². The molecule has 2 N–H and O–H groups in total. The first-order valence-electron chi connectivity index (χ1n) is 10.2. The average Bonchev–Trinajstić information content (AvgIpc) is 3.40. The summed E-state index contributed by atoms with van der Waals surface area (Å²) < 4.78 is 61.4. The SMILES string of the molecule is Cc1cc(-c2ccc(Cc3c(C(N)=O)oc([N+](=O)[O-])c3-c3ccccc3F)s2)ccc1OC(F)(F)F. The van der Waals surface area contributed by atoms with Gasteiger partial charge >= 0.3 is 12.2 Å². The number of primary amides is 1. The summed E-state index contributed by atoms with van der Waals surface area (Å²) in [6.45, 7) is 1.48. The van der Waals surface area contributed by atoms with Gasteiger partial charge in [-0.2, -0.15) is 0 Å². The van der Waals surface area contributed by atoms with Crippen molar-refractivity contribution in [1.29, 1.82) is 0 Å². The van der Waals surface area contributed by atoms with Gasteiger partial charge in [-0.3, -0.25) is 14.9 Å². The molecule has 0 saturated heterocycles. The summed E-state index contributed by atoms with van der Waals surface area (Å²) >= 11 is 1.23. The van der Waals surface area contributed by atoms with Crippen molar-refractivity contribution in [3.63, 3.8) is 0 Å². The first-order chi connectivity index (χ1) is 16.9. The number of nitro groups is 1. The Bertz CT molecular complexity index is 1480. The molecule has 12 heteroatoms. The molecule has 4 aromatic rings. The number of benzene rings is 2. The largest absolute Gasteiger partial charge is 0.573 e. The maximum Gasteiger partial charge on any atom is 0.573 e. The number of nitrogens with zero attached hydrogens (tertiary/aromatic N) is 1. The van der Waals surface area contributed by atoms with Crippen LogP contribution < -0.4 is 10.5 Å². The normalized spacial score (nSPS) is 11.5. The molecule has 0 saturated carbocycles. The topological polar surface area (TPSA) is 109 Å². The number of furan rings is 1. The number of halogens is 4. The van der Waals surface area contributed by atoms with Crippen molar-refractivity contribution in [3.8, 4) is 27.3 Å². The van der Waals surface area contributed by atoms with E-state index >= 15 is 0 Å². The molecule has 0 aliphatic heterocycles. The van der Waals surface area contributed by atoms with Crippen molar-refractivity contribution in [2.45, 2.75) is 19.7 Å². The third-order valence-corrected chi connectivity index (χ3v) is 6.35. The molecule has 0 aliphatic rings. The molecule has 0 fully saturated rings. The van der Waals surface area contributed by atoms with Gasteiger partial charge in [0.1, 0.15) is 22.1 Å². The number of amides is 1. The number of carbonyl (C=O) groups is 1. The Morgan fingerprint density at radius 3 is 2.50 bits per heavy atom. The van der Waals surface area contributed by atoms with Crippen LogP contribution >= 0.6 is 11.3 Å². The van der Waals surface area contributed by atoms with Gasteiger partial charge in [0.2, 0.25) is 5.76 Å². The van der Waals surface area contributed by atoms with Gasteiger partial charge in [0.25, 0.3) is 5.91 Å². The van der Waals surface area contributed by atoms with E-state index in [-0.39, 0.29) is 34.4 Å². The van der Waals surface area contributed by atoms with Crippen molar-refractivity contribution in [1.82, 2.24) is 0 Å². The Morgan fingerprint density at radius 1 is 1.17 bits per heavy atom. The van der Waals surface area contributed by atoms with Crippen molar-refractivity contribution in [2.75, 3.05) is 0 Å². The predicted octanol–water partition coefficient (Wildman–Crippen LogP) is 6.62. The molecule has 0 radical (unpaired) electrons. The van der Waals surface area contributed by atoms with Gasteiger partial charge in [0.15, 0.2) is 0 Å². The van der Waals surface area contributed by atoms with Crippen molar-refractivity contribution < 1.29 is 36.4 Å². The van der Waals surface area contributed by atoms with E-state index in [9.17, 15) is 32.5 Å². The molecule has 2 aromatic carbocycles. The number of nitrogens with two attached hydrogens (primary N) is 1. The summed E-state index contributed by atoms with van der Waals surface area (Å²) in [4.78, 5) is 24.1. The molecule has 0 unspecified atom stereocenters. The van der Waals surface area contributed by atoms with Crippen LogP contribution in [0.2, 0.25) is 0 Å². The molecule has 0 spiro atoms. The molecule has 0 aliphatic carbocycles. The molecule has 0 bridgehead atoms. The smallest absolute Gasteiger partial charge is 0.406 e. The van der Waals surface area contributed by atoms with Gasteiger partial charge in [-0.1, -0.05) is 18.2 Å². The lowest BCUT2D eigenvalue weighted by molar-refractivity contribution is -0.401. The van der Waals surface area contributed by atoms with Crippen LogP contribution in [0, 0.1) is 22.9 Å². The number of hydrogen-bond donors (Lipinski definition) is 1. The maximum atomic E-state index is 14.6. The number of thiophene rings is 1. The highest BCUT2D eigenvalue weighted by Crippen LogP contribution is 2.42. The molecular weight excluding hydrogens is 504 g/mol. The maximum absolute atomic E-state index is 14.6. The van der Waals surface area contributed by atoms with Crippen LogP contribution in [-0.2, 0) is 6.42 Å². The van der Waals surface area contributed by atoms with Gasteiger partial charge in [-0.05, 0) is 54.4 Å². The first kappa shape index (κ1) is 24.9. The van der Waals surface area contributed by atoms with E-state index < -0.39 is 34.7 Å². The van der Waals surface area contributed by atoms with Gasteiger partial charge in [0, 0.05) is 27.3 Å². The minimum Gasteiger partial charge on any atom is -0.406 e. The van der Waals surface area contributed by atoms with Crippen molar-refractivity contribution >= 4 is 23.1 Å². The van der Waals surface area contributed by atoms with Crippen LogP contribution in [0.25, 0.3) is 21.6 Å². The van der Waals surface area contributed by atoms with Gasteiger partial charge in [0.05, 0.1) is 0 Å². The second kappa shape index (κ2) is 9.46. The predicted molar refractivity (Wildman–Crippen MR) is 123 cm³/mol. The fourth-order valence-electron chi connectivity index (χ4n) is 3.73. The first-order valence-corrected chi connectivity index (χ1v) is 11.1. The Kier molecular flexibility index (Phi) is 6.55. The zero-order chi connectivity index (χ0) is 26.2. The second-order valence-electron chi connectivity index (χ2n) is 7.66. The fourth-order valence-corrected chi connectivity index (χ4v) is 4.75. The van der Waals surface area contributed by atoms with Gasteiger partial charge < -0.3 is 14.9 Å².